The third-order valence-corrected chi connectivity index (χ3v) is 6.58. The zero-order chi connectivity index (χ0) is 15.7. The molecule has 0 bridgehead atoms. The molecule has 0 fully saturated rings. The fourth-order valence-corrected chi connectivity index (χ4v) is 5.42. The lowest BCUT2D eigenvalue weighted by Gasteiger charge is -2.02. The van der Waals surface area contributed by atoms with E-state index >= 15 is 0 Å². The number of thiazole rings is 1. The van der Waals surface area contributed by atoms with Crippen molar-refractivity contribution in [2.75, 3.05) is 16.1 Å². The molecule has 0 spiro atoms. The largest absolute Gasteiger partial charge is 0.458 e. The van der Waals surface area contributed by atoms with E-state index in [9.17, 15) is 16.8 Å². The van der Waals surface area contributed by atoms with Gasteiger partial charge in [-0.15, -0.1) is 11.3 Å². The average molecular weight is 351 g/mol. The second-order valence-corrected chi connectivity index (χ2v) is 9.35. The summed E-state index contributed by atoms with van der Waals surface area (Å²) in [5.41, 5.74) is 5.87. The molecule has 0 atom stereocenters. The van der Waals surface area contributed by atoms with Crippen molar-refractivity contribution in [1.29, 1.82) is 0 Å². The second-order valence-electron chi connectivity index (χ2n) is 4.27. The van der Waals surface area contributed by atoms with Gasteiger partial charge in [-0.1, -0.05) is 0 Å². The van der Waals surface area contributed by atoms with Crippen LogP contribution in [0.25, 0.3) is 11.5 Å². The van der Waals surface area contributed by atoms with Crippen LogP contribution >= 0.6 is 11.3 Å². The van der Waals surface area contributed by atoms with E-state index in [1.54, 1.807) is 17.5 Å². The molecular formula is C10H13N3O5S3. The Kier molecular flexibility index (Phi) is 4.37. The zero-order valence-corrected chi connectivity index (χ0v) is 13.4. The third kappa shape index (κ3) is 4.52. The van der Waals surface area contributed by atoms with E-state index in [0.717, 1.165) is 17.6 Å². The maximum atomic E-state index is 11.6. The van der Waals surface area contributed by atoms with Crippen molar-refractivity contribution in [1.82, 2.24) is 4.98 Å². The minimum Gasteiger partial charge on any atom is -0.458 e. The highest BCUT2D eigenvalue weighted by molar-refractivity contribution is 8.08. The van der Waals surface area contributed by atoms with Crippen LogP contribution in [0.15, 0.2) is 21.9 Å². The number of hydrogen-bond acceptors (Lipinski definition) is 8. The Morgan fingerprint density at radius 3 is 2.62 bits per heavy atom. The molecule has 2 aromatic heterocycles. The molecule has 0 aliphatic carbocycles. The first-order valence-electron chi connectivity index (χ1n) is 5.61. The first-order valence-corrected chi connectivity index (χ1v) is 10.2. The number of nitrogens with two attached hydrogens (primary N) is 1. The molecule has 2 aromatic rings. The van der Waals surface area contributed by atoms with Crippen molar-refractivity contribution in [2.45, 2.75) is 6.54 Å². The van der Waals surface area contributed by atoms with Crippen molar-refractivity contribution in [3.63, 3.8) is 0 Å². The predicted octanol–water partition coefficient (Wildman–Crippen LogP) is 0.606. The van der Waals surface area contributed by atoms with Crippen LogP contribution in [0, 0.1) is 0 Å². The summed E-state index contributed by atoms with van der Waals surface area (Å²) >= 11 is 1.03. The number of nitrogens with one attached hydrogen (secondary N) is 1. The van der Waals surface area contributed by atoms with Gasteiger partial charge in [-0.3, -0.25) is 4.72 Å². The second kappa shape index (κ2) is 5.75. The smallest absolute Gasteiger partial charge is 0.248 e. The lowest BCUT2D eigenvalue weighted by atomic mass is 10.3. The average Bonchev–Trinajstić information content (AvgIpc) is 2.92. The molecule has 2 heterocycles. The van der Waals surface area contributed by atoms with E-state index in [1.807, 2.05) is 0 Å². The van der Waals surface area contributed by atoms with E-state index in [-0.39, 0.29) is 11.7 Å². The summed E-state index contributed by atoms with van der Waals surface area (Å²) in [6, 6.07) is 3.37. The fraction of sp³-hybridized carbons (Fsp3) is 0.300. The molecule has 3 N–H and O–H groups in total. The molecule has 0 unspecified atom stereocenters. The lowest BCUT2D eigenvalue weighted by Crippen LogP contribution is -2.22. The van der Waals surface area contributed by atoms with Crippen LogP contribution < -0.4 is 10.5 Å². The number of sulfone groups is 1. The highest BCUT2D eigenvalue weighted by Gasteiger charge is 2.20. The molecule has 0 saturated carbocycles. The molecule has 21 heavy (non-hydrogen) atoms. The zero-order valence-electron chi connectivity index (χ0n) is 10.9. The van der Waals surface area contributed by atoms with Crippen LogP contribution in [0.1, 0.15) is 5.76 Å². The molecule has 11 heteroatoms. The van der Waals surface area contributed by atoms with Crippen molar-refractivity contribution in [2.24, 2.45) is 5.73 Å². The number of nitrogens with zero attached hydrogens (tertiary/aromatic N) is 1. The van der Waals surface area contributed by atoms with Gasteiger partial charge in [0.15, 0.2) is 25.8 Å². The van der Waals surface area contributed by atoms with Gasteiger partial charge in [-0.25, -0.2) is 21.8 Å². The first kappa shape index (κ1) is 15.9. The molecular weight excluding hydrogens is 338 g/mol. The number of hydrogen-bond donors (Lipinski definition) is 2. The van der Waals surface area contributed by atoms with Gasteiger partial charge in [-0.05, 0) is 12.1 Å². The number of anilines is 1. The molecule has 0 saturated heterocycles. The molecule has 116 valence electrons. The van der Waals surface area contributed by atoms with Crippen LogP contribution in [-0.2, 0) is 26.4 Å². The van der Waals surface area contributed by atoms with Gasteiger partial charge in [0.05, 0.1) is 6.54 Å². The number of sulfonamides is 1. The topological polar surface area (TPSA) is 132 Å². The van der Waals surface area contributed by atoms with E-state index in [1.165, 1.54) is 0 Å². The Hall–Kier alpha value is -1.43. The molecule has 0 amide bonds. The number of furan rings is 1. The summed E-state index contributed by atoms with van der Waals surface area (Å²) in [4.78, 5) is 4.04. The Balaban J connectivity index is 2.17. The summed E-state index contributed by atoms with van der Waals surface area (Å²) in [6.45, 7) is 0.248. The van der Waals surface area contributed by atoms with Crippen molar-refractivity contribution >= 4 is 36.3 Å². The van der Waals surface area contributed by atoms with Crippen LogP contribution in [0.3, 0.4) is 0 Å². The van der Waals surface area contributed by atoms with E-state index in [2.05, 4.69) is 9.71 Å². The maximum absolute atomic E-state index is 11.6. The highest BCUT2D eigenvalue weighted by Crippen LogP contribution is 2.27. The monoisotopic (exact) mass is 351 g/mol. The van der Waals surface area contributed by atoms with E-state index in [4.69, 9.17) is 10.2 Å². The molecule has 8 nitrogen and oxygen atoms in total. The van der Waals surface area contributed by atoms with Crippen LogP contribution in [0.2, 0.25) is 0 Å². The minimum atomic E-state index is -4.00. The lowest BCUT2D eigenvalue weighted by molar-refractivity contribution is 0.524. The van der Waals surface area contributed by atoms with Gasteiger partial charge >= 0.3 is 0 Å². The predicted molar refractivity (Wildman–Crippen MR) is 80.0 cm³/mol. The van der Waals surface area contributed by atoms with E-state index < -0.39 is 24.9 Å². The quantitative estimate of drug-likeness (QED) is 0.779. The SMILES string of the molecule is CS(=O)(=O)CS(=O)(=O)Nc1nc(-c2ccc(CN)o2)cs1. The first-order chi connectivity index (χ1) is 9.68. The summed E-state index contributed by atoms with van der Waals surface area (Å²) in [7, 11) is -7.65. The molecule has 0 aromatic carbocycles. The van der Waals surface area contributed by atoms with Gasteiger partial charge in [0.1, 0.15) is 11.5 Å². The fourth-order valence-electron chi connectivity index (χ4n) is 1.50. The minimum absolute atomic E-state index is 0.0688. The van der Waals surface area contributed by atoms with Crippen LogP contribution in [-0.4, -0.2) is 33.2 Å². The normalized spacial score (nSPS) is 12.5. The molecule has 0 radical (unpaired) electrons. The summed E-state index contributed by atoms with van der Waals surface area (Å²) < 4.78 is 52.9. The van der Waals surface area contributed by atoms with Gasteiger partial charge in [0, 0.05) is 11.6 Å². The summed E-state index contributed by atoms with van der Waals surface area (Å²) in [5.74, 6) is 1.04. The Labute approximate surface area is 126 Å². The van der Waals surface area contributed by atoms with Gasteiger partial charge in [-0.2, -0.15) is 0 Å². The summed E-state index contributed by atoms with van der Waals surface area (Å²) in [6.07, 6.45) is 0.844. The Morgan fingerprint density at radius 2 is 2.05 bits per heavy atom. The van der Waals surface area contributed by atoms with Gasteiger partial charge in [0.25, 0.3) is 0 Å². The summed E-state index contributed by atoms with van der Waals surface area (Å²) in [5, 5.41) is 0.670. The van der Waals surface area contributed by atoms with Crippen molar-refractivity contribution in [3.8, 4) is 11.5 Å². The van der Waals surface area contributed by atoms with Crippen molar-refractivity contribution in [3.05, 3.63) is 23.3 Å². The van der Waals surface area contributed by atoms with Crippen LogP contribution in [0.4, 0.5) is 5.13 Å². The Morgan fingerprint density at radius 1 is 1.33 bits per heavy atom. The van der Waals surface area contributed by atoms with Gasteiger partial charge < -0.3 is 10.2 Å². The molecule has 0 aliphatic rings. The number of rotatable bonds is 6. The highest BCUT2D eigenvalue weighted by atomic mass is 32.3. The number of aromatic nitrogens is 1. The molecule has 2 rings (SSSR count). The van der Waals surface area contributed by atoms with Crippen LogP contribution in [0.5, 0.6) is 0 Å². The Bertz CT molecular complexity index is 835. The molecule has 0 aliphatic heterocycles. The van der Waals surface area contributed by atoms with Crippen molar-refractivity contribution < 1.29 is 21.3 Å². The van der Waals surface area contributed by atoms with Gasteiger partial charge in [0.2, 0.25) is 10.0 Å². The maximum Gasteiger partial charge on any atom is 0.248 e. The standard InChI is InChI=1S/C10H13N3O5S3/c1-20(14,15)6-21(16,17)13-10-12-8(5-19-10)9-3-2-7(4-11)18-9/h2-3,5H,4,6,11H2,1H3,(H,12,13). The van der Waals surface area contributed by atoms with E-state index in [0.29, 0.717) is 17.2 Å². The third-order valence-electron chi connectivity index (χ3n) is 2.23.